The van der Waals surface area contributed by atoms with E-state index in [2.05, 4.69) is 20.0 Å². The molecule has 0 aliphatic carbocycles. The minimum atomic E-state index is -0.355. The van der Waals surface area contributed by atoms with Crippen molar-refractivity contribution in [2.75, 3.05) is 20.8 Å². The van der Waals surface area contributed by atoms with Crippen LogP contribution in [0.4, 0.5) is 0 Å². The maximum absolute atomic E-state index is 11.7. The van der Waals surface area contributed by atoms with E-state index in [-0.39, 0.29) is 24.8 Å². The summed E-state index contributed by atoms with van der Waals surface area (Å²) in [6, 6.07) is 6.84. The number of hydrogen-bond donors (Lipinski definition) is 1. The third kappa shape index (κ3) is 5.20. The Kier molecular flexibility index (Phi) is 6.08. The monoisotopic (exact) mass is 264 g/mol. The number of carbonyl (C=O) groups excluding carboxylic acids is 2. The Balaban J connectivity index is 2.49. The summed E-state index contributed by atoms with van der Waals surface area (Å²) in [5.74, 6) is -0.592. The average molecular weight is 264 g/mol. The van der Waals surface area contributed by atoms with E-state index in [1.807, 2.05) is 0 Å². The molecular formula is C13H16N2O4. The van der Waals surface area contributed by atoms with Gasteiger partial charge in [-0.05, 0) is 17.7 Å². The Bertz CT molecular complexity index is 454. The fourth-order valence-corrected chi connectivity index (χ4v) is 1.32. The van der Waals surface area contributed by atoms with E-state index >= 15 is 0 Å². The first-order valence-electron chi connectivity index (χ1n) is 5.69. The molecule has 1 N–H and O–H groups in total. The average Bonchev–Trinajstić information content (AvgIpc) is 2.45. The van der Waals surface area contributed by atoms with Gasteiger partial charge in [0.1, 0.15) is 7.11 Å². The molecule has 0 atom stereocenters. The lowest BCUT2D eigenvalue weighted by molar-refractivity contribution is -0.140. The van der Waals surface area contributed by atoms with E-state index < -0.39 is 0 Å². The first kappa shape index (κ1) is 14.7. The number of methoxy groups -OCH3 is 1. The highest BCUT2D eigenvalue weighted by molar-refractivity contribution is 5.95. The van der Waals surface area contributed by atoms with Crippen molar-refractivity contribution in [2.45, 2.75) is 6.42 Å². The van der Waals surface area contributed by atoms with E-state index in [4.69, 9.17) is 0 Å². The first-order chi connectivity index (χ1) is 9.17. The van der Waals surface area contributed by atoms with Gasteiger partial charge in [-0.15, -0.1) is 0 Å². The van der Waals surface area contributed by atoms with Gasteiger partial charge in [0.2, 0.25) is 0 Å². The van der Waals surface area contributed by atoms with Gasteiger partial charge in [0.15, 0.2) is 0 Å². The standard InChI is InChI=1S/C13H16N2O4/c1-18-12(16)7-8-14-13(17)11-5-3-10(4-6-11)9-15-19-2/h3-6,9H,7-8H2,1-2H3,(H,14,17)/b15-9+. The quantitative estimate of drug-likeness (QED) is 0.471. The van der Waals surface area contributed by atoms with Gasteiger partial charge in [-0.25, -0.2) is 0 Å². The number of nitrogens with one attached hydrogen (secondary N) is 1. The van der Waals surface area contributed by atoms with Crippen molar-refractivity contribution in [3.8, 4) is 0 Å². The number of benzene rings is 1. The summed E-state index contributed by atoms with van der Waals surface area (Å²) in [7, 11) is 2.77. The van der Waals surface area contributed by atoms with Crippen molar-refractivity contribution in [3.63, 3.8) is 0 Å². The van der Waals surface area contributed by atoms with Gasteiger partial charge in [0.05, 0.1) is 19.7 Å². The molecule has 0 spiro atoms. The molecule has 1 aromatic carbocycles. The van der Waals surface area contributed by atoms with Gasteiger partial charge >= 0.3 is 5.97 Å². The molecular weight excluding hydrogens is 248 g/mol. The van der Waals surface area contributed by atoms with Crippen molar-refractivity contribution in [3.05, 3.63) is 35.4 Å². The van der Waals surface area contributed by atoms with Crippen molar-refractivity contribution in [1.82, 2.24) is 5.32 Å². The molecule has 0 aliphatic rings. The zero-order valence-electron chi connectivity index (χ0n) is 10.9. The fraction of sp³-hybridized carbons (Fsp3) is 0.308. The SMILES string of the molecule is CO/N=C/c1ccc(C(=O)NCCC(=O)OC)cc1. The van der Waals surface area contributed by atoms with Crippen molar-refractivity contribution < 1.29 is 19.2 Å². The molecule has 0 saturated carbocycles. The molecule has 19 heavy (non-hydrogen) atoms. The zero-order valence-corrected chi connectivity index (χ0v) is 10.9. The van der Waals surface area contributed by atoms with Crippen LogP contribution in [-0.4, -0.2) is 38.9 Å². The number of esters is 1. The highest BCUT2D eigenvalue weighted by atomic mass is 16.6. The molecule has 0 bridgehead atoms. The zero-order chi connectivity index (χ0) is 14.1. The third-order valence-electron chi connectivity index (χ3n) is 2.32. The van der Waals surface area contributed by atoms with E-state index in [0.717, 1.165) is 5.56 Å². The fourth-order valence-electron chi connectivity index (χ4n) is 1.32. The normalized spacial score (nSPS) is 10.2. The maximum atomic E-state index is 11.7. The number of hydrogen-bond acceptors (Lipinski definition) is 5. The topological polar surface area (TPSA) is 77.0 Å². The van der Waals surface area contributed by atoms with Crippen LogP contribution in [0.5, 0.6) is 0 Å². The Labute approximate surface area is 111 Å². The van der Waals surface area contributed by atoms with Crippen LogP contribution < -0.4 is 5.32 Å². The third-order valence-corrected chi connectivity index (χ3v) is 2.32. The van der Waals surface area contributed by atoms with E-state index in [0.29, 0.717) is 5.56 Å². The minimum Gasteiger partial charge on any atom is -0.469 e. The molecule has 0 radical (unpaired) electrons. The lowest BCUT2D eigenvalue weighted by Gasteiger charge is -2.04. The molecule has 0 saturated heterocycles. The lowest BCUT2D eigenvalue weighted by Crippen LogP contribution is -2.26. The molecule has 1 amide bonds. The van der Waals surface area contributed by atoms with Gasteiger partial charge in [-0.3, -0.25) is 9.59 Å². The van der Waals surface area contributed by atoms with Crippen LogP contribution in [0.25, 0.3) is 0 Å². The van der Waals surface area contributed by atoms with Crippen molar-refractivity contribution in [1.29, 1.82) is 0 Å². The summed E-state index contributed by atoms with van der Waals surface area (Å²) in [6.07, 6.45) is 1.69. The number of ether oxygens (including phenoxy) is 1. The maximum Gasteiger partial charge on any atom is 0.307 e. The number of rotatable bonds is 6. The Morgan fingerprint density at radius 3 is 2.53 bits per heavy atom. The summed E-state index contributed by atoms with van der Waals surface area (Å²) in [6.45, 7) is 0.248. The summed E-state index contributed by atoms with van der Waals surface area (Å²) < 4.78 is 4.47. The minimum absolute atomic E-state index is 0.154. The van der Waals surface area contributed by atoms with Crippen molar-refractivity contribution in [2.24, 2.45) is 5.16 Å². The van der Waals surface area contributed by atoms with Crippen LogP contribution >= 0.6 is 0 Å². The van der Waals surface area contributed by atoms with Gasteiger partial charge in [0.25, 0.3) is 5.91 Å². The van der Waals surface area contributed by atoms with Crippen LogP contribution in [-0.2, 0) is 14.4 Å². The van der Waals surface area contributed by atoms with E-state index in [1.165, 1.54) is 14.2 Å². The van der Waals surface area contributed by atoms with Crippen LogP contribution in [0.1, 0.15) is 22.3 Å². The molecule has 0 aliphatic heterocycles. The van der Waals surface area contributed by atoms with E-state index in [9.17, 15) is 9.59 Å². The number of amides is 1. The summed E-state index contributed by atoms with van der Waals surface area (Å²) in [4.78, 5) is 27.1. The van der Waals surface area contributed by atoms with E-state index in [1.54, 1.807) is 30.5 Å². The Morgan fingerprint density at radius 2 is 1.95 bits per heavy atom. The smallest absolute Gasteiger partial charge is 0.307 e. The lowest BCUT2D eigenvalue weighted by atomic mass is 10.1. The Hall–Kier alpha value is -2.37. The number of carbonyl (C=O) groups is 2. The Morgan fingerprint density at radius 1 is 1.26 bits per heavy atom. The second kappa shape index (κ2) is 7.86. The number of oxime groups is 1. The van der Waals surface area contributed by atoms with Crippen LogP contribution in [0, 0.1) is 0 Å². The molecule has 1 rings (SSSR count). The van der Waals surface area contributed by atoms with Gasteiger partial charge < -0.3 is 14.9 Å². The van der Waals surface area contributed by atoms with Crippen LogP contribution in [0.15, 0.2) is 29.4 Å². The molecule has 1 aromatic rings. The molecule has 0 aromatic heterocycles. The second-order valence-electron chi connectivity index (χ2n) is 3.62. The molecule has 6 nitrogen and oxygen atoms in total. The number of nitrogens with zero attached hydrogens (tertiary/aromatic N) is 1. The van der Waals surface area contributed by atoms with Crippen LogP contribution in [0.2, 0.25) is 0 Å². The highest BCUT2D eigenvalue weighted by Crippen LogP contribution is 2.02. The second-order valence-corrected chi connectivity index (χ2v) is 3.62. The predicted octanol–water partition coefficient (Wildman–Crippen LogP) is 0.960. The highest BCUT2D eigenvalue weighted by Gasteiger charge is 2.06. The summed E-state index contributed by atoms with van der Waals surface area (Å²) >= 11 is 0. The van der Waals surface area contributed by atoms with Gasteiger partial charge in [-0.1, -0.05) is 17.3 Å². The molecule has 0 heterocycles. The molecule has 0 unspecified atom stereocenters. The van der Waals surface area contributed by atoms with Crippen molar-refractivity contribution >= 4 is 18.1 Å². The summed E-state index contributed by atoms with van der Waals surface area (Å²) in [5, 5.41) is 6.25. The molecule has 6 heteroatoms. The first-order valence-corrected chi connectivity index (χ1v) is 5.69. The van der Waals surface area contributed by atoms with Gasteiger partial charge in [0, 0.05) is 12.1 Å². The molecule has 0 fully saturated rings. The summed E-state index contributed by atoms with van der Waals surface area (Å²) in [5.41, 5.74) is 1.34. The van der Waals surface area contributed by atoms with Crippen LogP contribution in [0.3, 0.4) is 0 Å². The predicted molar refractivity (Wildman–Crippen MR) is 70.0 cm³/mol. The largest absolute Gasteiger partial charge is 0.469 e. The van der Waals surface area contributed by atoms with Gasteiger partial charge in [-0.2, -0.15) is 0 Å². The molecule has 102 valence electrons.